The number of phenols is 1. The smallest absolute Gasteiger partial charge is 0.252 e. The van der Waals surface area contributed by atoms with Gasteiger partial charge in [-0.05, 0) is 189 Å². The van der Waals surface area contributed by atoms with Crippen molar-refractivity contribution >= 4 is 117 Å². The zero-order chi connectivity index (χ0) is 84.1. The number of H-pyrrole nitrogens is 1. The van der Waals surface area contributed by atoms with Crippen LogP contribution in [0.2, 0.25) is 0 Å². The molecule has 4 aromatic heterocycles. The molecule has 19 nitrogen and oxygen atoms in total. The highest BCUT2D eigenvalue weighted by atomic mass is 16.5. The van der Waals surface area contributed by atoms with E-state index in [0.717, 1.165) is 178 Å². The summed E-state index contributed by atoms with van der Waals surface area (Å²) in [7, 11) is 0. The van der Waals surface area contributed by atoms with E-state index < -0.39 is 6.10 Å². The molecule has 0 radical (unpaired) electrons. The van der Waals surface area contributed by atoms with Crippen LogP contribution in [0.15, 0.2) is 212 Å². The summed E-state index contributed by atoms with van der Waals surface area (Å²) < 4.78 is 19.5. The lowest BCUT2D eigenvalue weighted by atomic mass is 9.86. The maximum absolute atomic E-state index is 13.1. The highest BCUT2D eigenvalue weighted by Gasteiger charge is 2.49. The number of para-hydroxylation sites is 3. The van der Waals surface area contributed by atoms with Crippen LogP contribution >= 0.6 is 0 Å². The SMILES string of the molecule is CC(O)C1c2ccccc2-c2c3c(c4c([nH]c5ccccc54)c21)CNC3=O.CCOCc1ccc2c(c1)c1c3c(c4c(c1n2CCCO)Cc1ccccc1-4)C(=O)NC3.O=C(NCCCn1c2ccccc2c2c3c(c4c(c21)Cc1ccccc1-4)C(=O)NC3)c1ccc(O)cc1.O=C1NCc2c1c1c3c4c2c2ccccc2n4C2CCC(O2)[C@H]3c2ccccc2-1. The van der Waals surface area contributed by atoms with Crippen LogP contribution in [0, 0.1) is 0 Å². The van der Waals surface area contributed by atoms with Crippen molar-refractivity contribution in [3.05, 3.63) is 312 Å². The zero-order valence-electron chi connectivity index (χ0n) is 68.9. The Labute approximate surface area is 717 Å². The Balaban J connectivity index is 0.0000000940. The number of phenolic OH excluding ortho intramolecular Hbond substituents is 1. The Morgan fingerprint density at radius 1 is 0.504 bits per heavy atom. The van der Waals surface area contributed by atoms with E-state index in [0.29, 0.717) is 57.9 Å². The van der Waals surface area contributed by atoms with Gasteiger partial charge >= 0.3 is 0 Å². The van der Waals surface area contributed by atoms with Crippen LogP contribution in [-0.4, -0.2) is 95.5 Å². The molecule has 0 saturated carbocycles. The van der Waals surface area contributed by atoms with Crippen LogP contribution in [0.1, 0.15) is 182 Å². The molecule has 125 heavy (non-hydrogen) atoms. The molecule has 616 valence electrons. The van der Waals surface area contributed by atoms with E-state index >= 15 is 0 Å². The highest BCUT2D eigenvalue weighted by Crippen LogP contribution is 2.61. The van der Waals surface area contributed by atoms with Gasteiger partial charge in [0.25, 0.3) is 29.5 Å². The number of carbonyl (C=O) groups excluding carboxylic acids is 5. The monoisotopic (exact) mass is 1650 g/mol. The number of hydrogen-bond donors (Lipinski definition) is 9. The van der Waals surface area contributed by atoms with Gasteiger partial charge in [0.05, 0.1) is 68.7 Å². The van der Waals surface area contributed by atoms with Crippen molar-refractivity contribution in [1.29, 1.82) is 0 Å². The topological polar surface area (TPSA) is 255 Å². The van der Waals surface area contributed by atoms with Crippen LogP contribution in [0.3, 0.4) is 0 Å². The first-order chi connectivity index (χ1) is 61.3. The third-order valence-corrected chi connectivity index (χ3v) is 28.2. The molecule has 4 aliphatic carbocycles. The molecule has 5 atom stereocenters. The van der Waals surface area contributed by atoms with Crippen LogP contribution in [0.25, 0.3) is 132 Å². The molecule has 10 aliphatic rings. The Bertz CT molecular complexity index is 7650. The first-order valence-corrected chi connectivity index (χ1v) is 43.8. The fourth-order valence-electron chi connectivity index (χ4n) is 23.4. The summed E-state index contributed by atoms with van der Waals surface area (Å²) in [6.07, 6.45) is 4.87. The Morgan fingerprint density at radius 2 is 1.01 bits per heavy atom. The largest absolute Gasteiger partial charge is 0.508 e. The molecule has 4 unspecified atom stereocenters. The van der Waals surface area contributed by atoms with Crippen molar-refractivity contribution in [2.24, 2.45) is 0 Å². The maximum Gasteiger partial charge on any atom is 0.252 e. The van der Waals surface area contributed by atoms with Gasteiger partial charge in [-0.25, -0.2) is 0 Å². The van der Waals surface area contributed by atoms with E-state index in [9.17, 15) is 39.3 Å². The van der Waals surface area contributed by atoms with Crippen LogP contribution in [0.5, 0.6) is 5.75 Å². The van der Waals surface area contributed by atoms with Crippen molar-refractivity contribution in [2.45, 2.75) is 129 Å². The van der Waals surface area contributed by atoms with Crippen molar-refractivity contribution in [1.82, 2.24) is 45.3 Å². The summed E-state index contributed by atoms with van der Waals surface area (Å²) in [6, 6.07) is 71.7. The van der Waals surface area contributed by atoms with Gasteiger partial charge in [0, 0.05) is 171 Å². The second-order valence-corrected chi connectivity index (χ2v) is 34.7. The molecule has 10 heterocycles. The predicted molar refractivity (Wildman–Crippen MR) is 487 cm³/mol. The first kappa shape index (κ1) is 74.8. The number of aryl methyl sites for hydroxylation is 2. The molecule has 19 heteroatoms. The van der Waals surface area contributed by atoms with Crippen LogP contribution < -0.4 is 26.6 Å². The number of hydrogen-bond acceptors (Lipinski definition) is 10. The third kappa shape index (κ3) is 11.0. The molecular weight excluding hydrogens is 1560 g/mol. The van der Waals surface area contributed by atoms with Gasteiger partial charge in [0.2, 0.25) is 0 Å². The lowest BCUT2D eigenvalue weighted by Crippen LogP contribution is -2.25. The molecular formula is C106H87N9O10. The van der Waals surface area contributed by atoms with E-state index in [2.05, 4.69) is 203 Å². The van der Waals surface area contributed by atoms with E-state index in [1.807, 2.05) is 44.2 Å². The number of amides is 5. The number of ether oxygens (including phenoxy) is 2. The summed E-state index contributed by atoms with van der Waals surface area (Å²) in [5.74, 6) is 0.130. The number of benzene rings is 13. The molecule has 13 aromatic carbocycles. The van der Waals surface area contributed by atoms with Gasteiger partial charge in [-0.15, -0.1) is 0 Å². The van der Waals surface area contributed by atoms with E-state index in [4.69, 9.17) is 9.47 Å². The minimum Gasteiger partial charge on any atom is -0.508 e. The number of aliphatic hydroxyl groups excluding tert-OH is 2. The summed E-state index contributed by atoms with van der Waals surface area (Å²) in [5.41, 5.74) is 37.4. The minimum absolute atomic E-state index is 0.0126. The number of aromatic nitrogens is 4. The fourth-order valence-corrected chi connectivity index (χ4v) is 23.4. The number of carbonyl (C=O) groups is 5. The number of aliphatic hydroxyl groups is 2. The van der Waals surface area contributed by atoms with Crippen molar-refractivity contribution < 1.29 is 48.8 Å². The molecule has 2 bridgehead atoms. The normalized spacial score (nSPS) is 17.5. The molecule has 1 fully saturated rings. The average Bonchev–Trinajstić information content (AvgIpc) is 1.53. The number of aromatic hydroxyl groups is 1. The molecule has 5 amide bonds. The lowest BCUT2D eigenvalue weighted by Gasteiger charge is -2.20. The van der Waals surface area contributed by atoms with Crippen LogP contribution in [-0.2, 0) is 68.2 Å². The maximum atomic E-state index is 13.1. The summed E-state index contributed by atoms with van der Waals surface area (Å²) in [6.45, 7) is 9.48. The summed E-state index contributed by atoms with van der Waals surface area (Å²) in [4.78, 5) is 68.1. The van der Waals surface area contributed by atoms with Crippen molar-refractivity contribution in [2.75, 3.05) is 19.8 Å². The Kier molecular flexibility index (Phi) is 17.3. The quantitative estimate of drug-likeness (QED) is 0.0523. The highest BCUT2D eigenvalue weighted by molar-refractivity contribution is 6.25. The standard InChI is InChI=1S/C31H25N3O3.C27H26N2O3.C25H18N2O2.C23H18N2O2/c35-20-12-10-18(11-13-20)30(36)32-14-5-15-34-25-9-4-3-8-22(25)27-24-17-33-31(37)28(24)26-21-7-2-1-6-19(21)16-23(26)29(27)34;1-2-32-15-16-8-9-22-19(12-16)24-21-14-28-27(31)25(21)23-18-7-4-3-6-17(18)13-20(23)26(24)29(22)10-5-11-30;28-25-22-15(11-26-25)19-14-7-3-4-8-16(14)27-18-10-9-17(29-18)20-12-5-1-2-6-13(12)21(22)23(20)24(19)27;1-11(26)17-12-6-2-3-7-13(12)19-20-15(10-24-23(20)27)18-14-8-4-5-9-16(14)25-22(18)21(17)19/h1-4,6-13,35H,5,14-17H2,(H,32,36)(H,33,37);3-4,6-9,12,30H,2,5,10-11,13-15H2,1H3,(H,28,31);1-8,17-18,20H,9-11H2,(H,26,28);2-9,11,17,25-26H,10H2,1H3,(H,24,27)/t;;17?,18?,20-;/m..1./s1. The predicted octanol–water partition coefficient (Wildman–Crippen LogP) is 18.6. The van der Waals surface area contributed by atoms with Gasteiger partial charge in [0.1, 0.15) is 12.0 Å². The van der Waals surface area contributed by atoms with Gasteiger partial charge < -0.3 is 70.1 Å². The number of aromatic amines is 1. The molecule has 9 N–H and O–H groups in total. The second kappa shape index (κ2) is 28.8. The number of nitrogens with zero attached hydrogens (tertiary/aromatic N) is 3. The van der Waals surface area contributed by atoms with Gasteiger partial charge in [-0.1, -0.05) is 158 Å². The van der Waals surface area contributed by atoms with Gasteiger partial charge in [-0.2, -0.15) is 0 Å². The summed E-state index contributed by atoms with van der Waals surface area (Å²) >= 11 is 0. The zero-order valence-corrected chi connectivity index (χ0v) is 68.9. The third-order valence-electron chi connectivity index (χ3n) is 28.2. The first-order valence-electron chi connectivity index (χ1n) is 43.8. The van der Waals surface area contributed by atoms with Crippen molar-refractivity contribution in [3.8, 4) is 50.3 Å². The molecule has 6 aliphatic heterocycles. The van der Waals surface area contributed by atoms with E-state index in [1.165, 1.54) is 106 Å². The lowest BCUT2D eigenvalue weighted by molar-refractivity contribution is 0.00492. The van der Waals surface area contributed by atoms with Gasteiger partial charge in [-0.3, -0.25) is 24.0 Å². The molecule has 1 saturated heterocycles. The van der Waals surface area contributed by atoms with E-state index in [-0.39, 0.29) is 66.1 Å². The average molecular weight is 1650 g/mol. The Morgan fingerprint density at radius 3 is 1.63 bits per heavy atom. The fraction of sp³-hybridized carbons (Fsp3) is 0.217. The second-order valence-electron chi connectivity index (χ2n) is 34.7. The van der Waals surface area contributed by atoms with Crippen LogP contribution in [0.4, 0.5) is 0 Å². The van der Waals surface area contributed by atoms with Crippen molar-refractivity contribution in [3.63, 3.8) is 0 Å². The number of fused-ring (bicyclic) bond motifs is 43. The minimum atomic E-state index is -0.551. The number of rotatable bonds is 12. The molecule has 17 aromatic rings. The summed E-state index contributed by atoms with van der Waals surface area (Å²) in [5, 5.41) is 54.5. The molecule has 27 rings (SSSR count). The number of nitrogens with one attached hydrogen (secondary N) is 6. The Hall–Kier alpha value is -14.0. The molecule has 0 spiro atoms. The van der Waals surface area contributed by atoms with Gasteiger partial charge in [0.15, 0.2) is 0 Å². The van der Waals surface area contributed by atoms with E-state index in [1.54, 1.807) is 12.1 Å².